The Bertz CT molecular complexity index is 784. The van der Waals surface area contributed by atoms with Gasteiger partial charge in [-0.3, -0.25) is 9.59 Å². The molecule has 1 fully saturated rings. The van der Waals surface area contributed by atoms with Crippen LogP contribution < -0.4 is 15.2 Å². The van der Waals surface area contributed by atoms with Crippen LogP contribution in [0.3, 0.4) is 0 Å². The quantitative estimate of drug-likeness (QED) is 0.515. The second-order valence-electron chi connectivity index (χ2n) is 6.23. The number of halogens is 2. The van der Waals surface area contributed by atoms with E-state index in [0.29, 0.717) is 18.5 Å². The molecule has 0 aliphatic carbocycles. The molecule has 10 heteroatoms. The molecule has 0 bridgehead atoms. The maximum Gasteiger partial charge on any atom is 0.387 e. The monoisotopic (exact) mass is 412 g/mol. The van der Waals surface area contributed by atoms with Gasteiger partial charge in [0.2, 0.25) is 5.91 Å². The second kappa shape index (κ2) is 10.4. The summed E-state index contributed by atoms with van der Waals surface area (Å²) in [6.07, 6.45) is 4.48. The number of carbonyl (C=O) groups is 3. The zero-order valence-corrected chi connectivity index (χ0v) is 15.8. The number of methoxy groups -OCH3 is 1. The summed E-state index contributed by atoms with van der Waals surface area (Å²) < 4.78 is 38.9. The first-order chi connectivity index (χ1) is 13.8. The zero-order valence-electron chi connectivity index (χ0n) is 15.8. The Balaban J connectivity index is 1.92. The molecule has 1 atom stereocenters. The van der Waals surface area contributed by atoms with Crippen molar-refractivity contribution < 1.29 is 37.4 Å². The Morgan fingerprint density at radius 3 is 2.69 bits per heavy atom. The van der Waals surface area contributed by atoms with Crippen LogP contribution in [0, 0.1) is 0 Å². The van der Waals surface area contributed by atoms with Gasteiger partial charge in [0.05, 0.1) is 7.11 Å². The van der Waals surface area contributed by atoms with Crippen LogP contribution in [0.25, 0.3) is 6.08 Å². The minimum absolute atomic E-state index is 0.0681. The highest BCUT2D eigenvalue weighted by molar-refractivity contribution is 5.91. The molecule has 2 N–H and O–H groups in total. The maximum absolute atomic E-state index is 12.3. The number of amides is 2. The lowest BCUT2D eigenvalue weighted by molar-refractivity contribution is -0.151. The lowest BCUT2D eigenvalue weighted by Crippen LogP contribution is -2.51. The van der Waals surface area contributed by atoms with E-state index in [2.05, 4.69) is 4.74 Å². The van der Waals surface area contributed by atoms with Crippen LogP contribution in [-0.4, -0.2) is 55.6 Å². The normalized spacial score (nSPS) is 16.7. The molecule has 8 nitrogen and oxygen atoms in total. The van der Waals surface area contributed by atoms with Crippen molar-refractivity contribution in [2.24, 2.45) is 5.73 Å². The number of hydrogen-bond acceptors (Lipinski definition) is 6. The van der Waals surface area contributed by atoms with Crippen LogP contribution in [0.1, 0.15) is 24.8 Å². The number of hydrogen-bond donors (Lipinski definition) is 1. The number of esters is 1. The molecule has 1 aliphatic rings. The van der Waals surface area contributed by atoms with E-state index in [0.717, 1.165) is 18.9 Å². The molecule has 1 aliphatic heterocycles. The van der Waals surface area contributed by atoms with Crippen molar-refractivity contribution in [3.63, 3.8) is 0 Å². The third kappa shape index (κ3) is 6.44. The number of alkyl halides is 2. The summed E-state index contributed by atoms with van der Waals surface area (Å²) in [7, 11) is 1.29. The van der Waals surface area contributed by atoms with Gasteiger partial charge in [0.25, 0.3) is 5.91 Å². The van der Waals surface area contributed by atoms with Gasteiger partial charge in [-0.25, -0.2) is 4.79 Å². The van der Waals surface area contributed by atoms with Crippen molar-refractivity contribution in [3.05, 3.63) is 29.8 Å². The summed E-state index contributed by atoms with van der Waals surface area (Å²) in [4.78, 5) is 36.9. The first-order valence-corrected chi connectivity index (χ1v) is 8.88. The third-order valence-electron chi connectivity index (χ3n) is 4.31. The third-order valence-corrected chi connectivity index (χ3v) is 4.31. The first-order valence-electron chi connectivity index (χ1n) is 8.88. The summed E-state index contributed by atoms with van der Waals surface area (Å²) in [5, 5.41) is 0. The van der Waals surface area contributed by atoms with Gasteiger partial charge in [-0.2, -0.15) is 8.78 Å². The molecule has 1 aromatic rings. The number of piperidine rings is 1. The standard InChI is InChI=1S/C19H22F2N2O6/c1-27-15-10-12(5-7-14(15)29-19(20)21)6-8-17(25)28-11-16(24)23-9-3-2-4-13(23)18(22)26/h5-8,10,13,19H,2-4,9,11H2,1H3,(H2,22,26)/b8-6+/t13-/m1/s1. The summed E-state index contributed by atoms with van der Waals surface area (Å²) in [6.45, 7) is -3.13. The van der Waals surface area contributed by atoms with Crippen molar-refractivity contribution in [3.8, 4) is 11.5 Å². The van der Waals surface area contributed by atoms with Gasteiger partial charge in [0, 0.05) is 12.6 Å². The molecule has 2 amide bonds. The number of likely N-dealkylation sites (tertiary alicyclic amines) is 1. The van der Waals surface area contributed by atoms with Crippen LogP contribution in [0.2, 0.25) is 0 Å². The van der Waals surface area contributed by atoms with Crippen molar-refractivity contribution in [2.45, 2.75) is 31.9 Å². The van der Waals surface area contributed by atoms with Gasteiger partial charge in [0.1, 0.15) is 6.04 Å². The lowest BCUT2D eigenvalue weighted by Gasteiger charge is -2.33. The smallest absolute Gasteiger partial charge is 0.387 e. The van der Waals surface area contributed by atoms with E-state index < -0.39 is 37.0 Å². The minimum Gasteiger partial charge on any atom is -0.493 e. The average molecular weight is 412 g/mol. The van der Waals surface area contributed by atoms with E-state index >= 15 is 0 Å². The van der Waals surface area contributed by atoms with Gasteiger partial charge < -0.3 is 24.8 Å². The summed E-state index contributed by atoms with van der Waals surface area (Å²) in [6, 6.07) is 3.44. The summed E-state index contributed by atoms with van der Waals surface area (Å²) in [5.74, 6) is -1.93. The number of nitrogens with zero attached hydrogens (tertiary/aromatic N) is 1. The van der Waals surface area contributed by atoms with Crippen LogP contribution in [-0.2, 0) is 19.1 Å². The van der Waals surface area contributed by atoms with Gasteiger partial charge >= 0.3 is 12.6 Å². The Morgan fingerprint density at radius 2 is 2.03 bits per heavy atom. The summed E-state index contributed by atoms with van der Waals surface area (Å²) in [5.41, 5.74) is 5.78. The van der Waals surface area contributed by atoms with E-state index in [1.165, 1.54) is 36.3 Å². The van der Waals surface area contributed by atoms with Crippen molar-refractivity contribution in [1.29, 1.82) is 0 Å². The van der Waals surface area contributed by atoms with Crippen LogP contribution in [0.5, 0.6) is 11.5 Å². The molecule has 158 valence electrons. The number of carbonyl (C=O) groups excluding carboxylic acids is 3. The van der Waals surface area contributed by atoms with Gasteiger partial charge in [-0.1, -0.05) is 6.07 Å². The van der Waals surface area contributed by atoms with Crippen LogP contribution in [0.4, 0.5) is 8.78 Å². The Labute approximate surface area is 166 Å². The Morgan fingerprint density at radius 1 is 1.28 bits per heavy atom. The fraction of sp³-hybridized carbons (Fsp3) is 0.421. The zero-order chi connectivity index (χ0) is 21.4. The Kier molecular flexibility index (Phi) is 7.93. The van der Waals surface area contributed by atoms with Crippen molar-refractivity contribution in [1.82, 2.24) is 4.90 Å². The maximum atomic E-state index is 12.3. The van der Waals surface area contributed by atoms with E-state index in [1.54, 1.807) is 0 Å². The predicted molar refractivity (Wildman–Crippen MR) is 98.2 cm³/mol. The average Bonchev–Trinajstić information content (AvgIpc) is 2.70. The molecule has 0 aromatic heterocycles. The predicted octanol–water partition coefficient (Wildman–Crippen LogP) is 1.72. The second-order valence-corrected chi connectivity index (χ2v) is 6.23. The molecule has 0 spiro atoms. The van der Waals surface area contributed by atoms with Crippen LogP contribution in [0.15, 0.2) is 24.3 Å². The van der Waals surface area contributed by atoms with Gasteiger partial charge in [-0.15, -0.1) is 0 Å². The fourth-order valence-electron chi connectivity index (χ4n) is 2.94. The Hall–Kier alpha value is -3.17. The molecule has 1 saturated heterocycles. The molecular weight excluding hydrogens is 390 g/mol. The topological polar surface area (TPSA) is 108 Å². The van der Waals surface area contributed by atoms with Crippen LogP contribution >= 0.6 is 0 Å². The highest BCUT2D eigenvalue weighted by atomic mass is 19.3. The van der Waals surface area contributed by atoms with E-state index in [9.17, 15) is 23.2 Å². The molecule has 0 radical (unpaired) electrons. The van der Waals surface area contributed by atoms with Gasteiger partial charge in [0.15, 0.2) is 18.1 Å². The molecular formula is C19H22F2N2O6. The molecule has 0 saturated carbocycles. The number of primary amides is 1. The SMILES string of the molecule is COc1cc(/C=C/C(=O)OCC(=O)N2CCCC[C@@H]2C(N)=O)ccc1OC(F)F. The number of rotatable bonds is 8. The fourth-order valence-corrected chi connectivity index (χ4v) is 2.94. The summed E-state index contributed by atoms with van der Waals surface area (Å²) >= 11 is 0. The number of benzene rings is 1. The number of ether oxygens (including phenoxy) is 3. The van der Waals surface area contributed by atoms with Gasteiger partial charge in [-0.05, 0) is 43.0 Å². The highest BCUT2D eigenvalue weighted by Gasteiger charge is 2.30. The van der Waals surface area contributed by atoms with Crippen molar-refractivity contribution >= 4 is 23.9 Å². The van der Waals surface area contributed by atoms with E-state index in [4.69, 9.17) is 15.2 Å². The van der Waals surface area contributed by atoms with Crippen molar-refractivity contribution in [2.75, 3.05) is 20.3 Å². The molecule has 0 unspecified atom stereocenters. The first kappa shape index (κ1) is 22.1. The minimum atomic E-state index is -2.99. The molecule has 2 rings (SSSR count). The number of nitrogens with two attached hydrogens (primary N) is 1. The van der Waals surface area contributed by atoms with E-state index in [1.807, 2.05) is 0 Å². The molecule has 1 aromatic carbocycles. The molecule has 1 heterocycles. The van der Waals surface area contributed by atoms with E-state index in [-0.39, 0.29) is 11.5 Å². The highest BCUT2D eigenvalue weighted by Crippen LogP contribution is 2.29. The lowest BCUT2D eigenvalue weighted by atomic mass is 10.0. The molecule has 29 heavy (non-hydrogen) atoms. The largest absolute Gasteiger partial charge is 0.493 e.